The number of rotatable bonds is 6. The first-order valence-corrected chi connectivity index (χ1v) is 6.75. The predicted molar refractivity (Wildman–Crippen MR) is 82.6 cm³/mol. The summed E-state index contributed by atoms with van der Waals surface area (Å²) in [5.74, 6) is -0.904. The molecule has 0 spiro atoms. The number of ether oxygens (including phenoxy) is 1. The van der Waals surface area contributed by atoms with Crippen molar-refractivity contribution in [1.82, 2.24) is 0 Å². The van der Waals surface area contributed by atoms with Gasteiger partial charge in [0.15, 0.2) is 0 Å². The number of aromatic carboxylic acids is 1. The zero-order chi connectivity index (χ0) is 15.2. The van der Waals surface area contributed by atoms with Crippen LogP contribution in [0.5, 0.6) is 0 Å². The van der Waals surface area contributed by atoms with Gasteiger partial charge in [-0.25, -0.2) is 4.79 Å². The van der Waals surface area contributed by atoms with E-state index in [1.165, 1.54) is 0 Å². The zero-order valence-electron chi connectivity index (χ0n) is 12.2. The lowest BCUT2D eigenvalue weighted by atomic mass is 10.1. The molecule has 0 saturated carbocycles. The average molecular weight is 285 g/mol. The Morgan fingerprint density at radius 3 is 2.62 bits per heavy atom. The van der Waals surface area contributed by atoms with Crippen LogP contribution in [0, 0.1) is 6.92 Å². The summed E-state index contributed by atoms with van der Waals surface area (Å²) in [6.07, 6.45) is 0. The maximum absolute atomic E-state index is 11.1. The Bertz CT molecular complexity index is 638. The first-order chi connectivity index (χ1) is 10.1. The quantitative estimate of drug-likeness (QED) is 0.853. The molecule has 0 aliphatic heterocycles. The van der Waals surface area contributed by atoms with Crippen LogP contribution in [0.2, 0.25) is 0 Å². The molecule has 0 heterocycles. The summed E-state index contributed by atoms with van der Waals surface area (Å²) in [7, 11) is 1.67. The van der Waals surface area contributed by atoms with Crippen LogP contribution in [0.4, 0.5) is 5.69 Å². The lowest BCUT2D eigenvalue weighted by Crippen LogP contribution is -2.06. The second-order valence-corrected chi connectivity index (χ2v) is 4.89. The zero-order valence-corrected chi connectivity index (χ0v) is 12.2. The highest BCUT2D eigenvalue weighted by atomic mass is 16.5. The number of nitrogens with one attached hydrogen (secondary N) is 1. The third-order valence-electron chi connectivity index (χ3n) is 3.35. The number of carboxylic acids is 1. The molecule has 0 saturated heterocycles. The van der Waals surface area contributed by atoms with Crippen LogP contribution in [0.25, 0.3) is 0 Å². The fourth-order valence-corrected chi connectivity index (χ4v) is 2.25. The molecule has 0 aromatic heterocycles. The van der Waals surface area contributed by atoms with Crippen molar-refractivity contribution in [2.24, 2.45) is 0 Å². The maximum atomic E-state index is 11.1. The largest absolute Gasteiger partial charge is 0.478 e. The molecule has 0 atom stereocenters. The standard InChI is InChI=1S/C17H19NO3/c1-12-15(17(19)20)7-4-8-16(12)18-10-13-5-3-6-14(9-13)11-21-2/h3-9,18H,10-11H2,1-2H3,(H,19,20). The Kier molecular flexibility index (Phi) is 4.95. The first-order valence-electron chi connectivity index (χ1n) is 6.75. The number of benzene rings is 2. The van der Waals surface area contributed by atoms with E-state index in [0.29, 0.717) is 18.7 Å². The summed E-state index contributed by atoms with van der Waals surface area (Å²) in [4.78, 5) is 11.1. The Labute approximate surface area is 124 Å². The highest BCUT2D eigenvalue weighted by Crippen LogP contribution is 2.20. The van der Waals surface area contributed by atoms with Gasteiger partial charge in [-0.3, -0.25) is 0 Å². The smallest absolute Gasteiger partial charge is 0.336 e. The van der Waals surface area contributed by atoms with E-state index in [4.69, 9.17) is 9.84 Å². The third kappa shape index (κ3) is 3.83. The Balaban J connectivity index is 2.11. The van der Waals surface area contributed by atoms with Gasteiger partial charge in [0.05, 0.1) is 12.2 Å². The van der Waals surface area contributed by atoms with Gasteiger partial charge in [0, 0.05) is 19.3 Å². The van der Waals surface area contributed by atoms with Gasteiger partial charge in [-0.05, 0) is 35.7 Å². The van der Waals surface area contributed by atoms with Crippen molar-refractivity contribution in [1.29, 1.82) is 0 Å². The molecule has 0 aliphatic carbocycles. The van der Waals surface area contributed by atoms with Crippen molar-refractivity contribution in [3.8, 4) is 0 Å². The number of hydrogen-bond donors (Lipinski definition) is 2. The van der Waals surface area contributed by atoms with Crippen LogP contribution in [-0.2, 0) is 17.9 Å². The fraction of sp³-hybridized carbons (Fsp3) is 0.235. The Morgan fingerprint density at radius 2 is 1.90 bits per heavy atom. The minimum Gasteiger partial charge on any atom is -0.478 e. The van der Waals surface area contributed by atoms with E-state index in [-0.39, 0.29) is 0 Å². The number of hydrogen-bond acceptors (Lipinski definition) is 3. The molecule has 0 bridgehead atoms. The van der Waals surface area contributed by atoms with Crippen LogP contribution in [0.1, 0.15) is 27.0 Å². The number of anilines is 1. The molecule has 2 rings (SSSR count). The summed E-state index contributed by atoms with van der Waals surface area (Å²) in [5, 5.41) is 12.4. The van der Waals surface area contributed by atoms with Crippen LogP contribution >= 0.6 is 0 Å². The highest BCUT2D eigenvalue weighted by molar-refractivity contribution is 5.91. The molecule has 2 N–H and O–H groups in total. The van der Waals surface area contributed by atoms with Gasteiger partial charge in [0.1, 0.15) is 0 Å². The summed E-state index contributed by atoms with van der Waals surface area (Å²) in [6, 6.07) is 13.4. The van der Waals surface area contributed by atoms with Crippen molar-refractivity contribution in [3.05, 3.63) is 64.7 Å². The molecular weight excluding hydrogens is 266 g/mol. The van der Waals surface area contributed by atoms with E-state index in [0.717, 1.165) is 22.4 Å². The van der Waals surface area contributed by atoms with E-state index in [1.807, 2.05) is 31.2 Å². The van der Waals surface area contributed by atoms with Crippen LogP contribution in [0.3, 0.4) is 0 Å². The normalized spacial score (nSPS) is 10.4. The topological polar surface area (TPSA) is 58.6 Å². The second kappa shape index (κ2) is 6.90. The molecule has 21 heavy (non-hydrogen) atoms. The minimum atomic E-state index is -0.904. The van der Waals surface area contributed by atoms with E-state index in [1.54, 1.807) is 19.2 Å². The van der Waals surface area contributed by atoms with Crippen molar-refractivity contribution in [2.75, 3.05) is 12.4 Å². The summed E-state index contributed by atoms with van der Waals surface area (Å²) in [5.41, 5.74) is 4.16. The average Bonchev–Trinajstić information content (AvgIpc) is 2.46. The number of methoxy groups -OCH3 is 1. The van der Waals surface area contributed by atoms with Gasteiger partial charge < -0.3 is 15.2 Å². The minimum absolute atomic E-state index is 0.327. The summed E-state index contributed by atoms with van der Waals surface area (Å²) < 4.78 is 5.12. The van der Waals surface area contributed by atoms with E-state index < -0.39 is 5.97 Å². The van der Waals surface area contributed by atoms with Crippen molar-refractivity contribution in [2.45, 2.75) is 20.1 Å². The summed E-state index contributed by atoms with van der Waals surface area (Å²) in [6.45, 7) is 3.04. The molecule has 0 radical (unpaired) electrons. The monoisotopic (exact) mass is 285 g/mol. The molecule has 2 aromatic rings. The molecule has 110 valence electrons. The fourth-order valence-electron chi connectivity index (χ4n) is 2.25. The van der Waals surface area contributed by atoms with E-state index >= 15 is 0 Å². The van der Waals surface area contributed by atoms with Crippen LogP contribution in [-0.4, -0.2) is 18.2 Å². The SMILES string of the molecule is COCc1cccc(CNc2cccc(C(=O)O)c2C)c1. The van der Waals surface area contributed by atoms with Crippen molar-refractivity contribution in [3.63, 3.8) is 0 Å². The van der Waals surface area contributed by atoms with Gasteiger partial charge in [-0.2, -0.15) is 0 Å². The molecule has 0 fully saturated rings. The van der Waals surface area contributed by atoms with Gasteiger partial charge >= 0.3 is 5.97 Å². The van der Waals surface area contributed by atoms with Crippen LogP contribution < -0.4 is 5.32 Å². The third-order valence-corrected chi connectivity index (χ3v) is 3.35. The molecular formula is C17H19NO3. The van der Waals surface area contributed by atoms with Gasteiger partial charge in [-0.1, -0.05) is 30.3 Å². The highest BCUT2D eigenvalue weighted by Gasteiger charge is 2.09. The molecule has 0 amide bonds. The molecule has 0 aliphatic rings. The molecule has 2 aromatic carbocycles. The lowest BCUT2D eigenvalue weighted by molar-refractivity contribution is 0.0696. The number of carbonyl (C=O) groups is 1. The second-order valence-electron chi connectivity index (χ2n) is 4.89. The van der Waals surface area contributed by atoms with Crippen LogP contribution in [0.15, 0.2) is 42.5 Å². The molecule has 4 heteroatoms. The molecule has 4 nitrogen and oxygen atoms in total. The van der Waals surface area contributed by atoms with Crippen molar-refractivity contribution < 1.29 is 14.6 Å². The Hall–Kier alpha value is -2.33. The van der Waals surface area contributed by atoms with E-state index in [2.05, 4.69) is 11.4 Å². The van der Waals surface area contributed by atoms with E-state index in [9.17, 15) is 4.79 Å². The van der Waals surface area contributed by atoms with Gasteiger partial charge in [0.25, 0.3) is 0 Å². The summed E-state index contributed by atoms with van der Waals surface area (Å²) >= 11 is 0. The maximum Gasteiger partial charge on any atom is 0.336 e. The first kappa shape index (κ1) is 15.1. The Morgan fingerprint density at radius 1 is 1.19 bits per heavy atom. The van der Waals surface area contributed by atoms with Gasteiger partial charge in [-0.15, -0.1) is 0 Å². The van der Waals surface area contributed by atoms with Crippen molar-refractivity contribution >= 4 is 11.7 Å². The number of carboxylic acid groups (broad SMARTS) is 1. The van der Waals surface area contributed by atoms with Gasteiger partial charge in [0.2, 0.25) is 0 Å². The molecule has 0 unspecified atom stereocenters. The lowest BCUT2D eigenvalue weighted by Gasteiger charge is -2.12. The predicted octanol–water partition coefficient (Wildman–Crippen LogP) is 3.45.